The number of methoxy groups -OCH3 is 2. The zero-order valence-electron chi connectivity index (χ0n) is 35.8. The molecule has 0 spiro atoms. The van der Waals surface area contributed by atoms with E-state index in [1.807, 2.05) is 29.8 Å². The Labute approximate surface area is 360 Å². The molecule has 9 rings (SSSR count). The number of nitrogens with zero attached hydrogens (tertiary/aromatic N) is 4. The van der Waals surface area contributed by atoms with Gasteiger partial charge in [0.25, 0.3) is 0 Å². The van der Waals surface area contributed by atoms with Crippen LogP contribution in [0.25, 0.3) is 44.2 Å². The fourth-order valence-electron chi connectivity index (χ4n) is 10.5. The van der Waals surface area contributed by atoms with Crippen molar-refractivity contribution in [3.63, 3.8) is 0 Å². The monoisotopic (exact) mass is 844 g/mol. The summed E-state index contributed by atoms with van der Waals surface area (Å²) < 4.78 is 15.2. The van der Waals surface area contributed by atoms with Crippen molar-refractivity contribution < 1.29 is 33.4 Å². The zero-order chi connectivity index (χ0) is 43.1. The lowest BCUT2D eigenvalue weighted by molar-refractivity contribution is -0.140. The summed E-state index contributed by atoms with van der Waals surface area (Å²) in [6.07, 6.45) is 6.71. The molecule has 326 valence electrons. The summed E-state index contributed by atoms with van der Waals surface area (Å²) >= 11 is 0. The van der Waals surface area contributed by atoms with E-state index in [1.54, 1.807) is 0 Å². The van der Waals surface area contributed by atoms with Gasteiger partial charge in [-0.15, -0.1) is 0 Å². The molecule has 4 fully saturated rings. The van der Waals surface area contributed by atoms with Crippen LogP contribution in [0.1, 0.15) is 82.5 Å². The average Bonchev–Trinajstić information content (AvgIpc) is 4.16. The van der Waals surface area contributed by atoms with Crippen molar-refractivity contribution in [1.29, 1.82) is 0 Å². The topological polar surface area (TPSA) is 184 Å². The van der Waals surface area contributed by atoms with Gasteiger partial charge in [0.2, 0.25) is 11.8 Å². The van der Waals surface area contributed by atoms with Crippen LogP contribution in [0.4, 0.5) is 9.59 Å². The molecule has 62 heavy (non-hydrogen) atoms. The molecule has 3 aromatic carbocycles. The first kappa shape index (κ1) is 41.4. The van der Waals surface area contributed by atoms with Crippen molar-refractivity contribution in [3.8, 4) is 22.4 Å². The molecular weight excluding hydrogens is 789 g/mol. The van der Waals surface area contributed by atoms with Gasteiger partial charge in [-0.2, -0.15) is 0 Å². The second-order valence-electron chi connectivity index (χ2n) is 17.7. The van der Waals surface area contributed by atoms with Crippen LogP contribution in [-0.4, -0.2) is 106 Å². The number of fused-ring (bicyclic) bond motifs is 5. The highest BCUT2D eigenvalue weighted by molar-refractivity contribution is 6.05. The van der Waals surface area contributed by atoms with Gasteiger partial charge in [0.1, 0.15) is 17.7 Å². The molecule has 0 unspecified atom stereocenters. The Morgan fingerprint density at radius 3 is 2.37 bits per heavy atom. The van der Waals surface area contributed by atoms with Crippen LogP contribution in [0.15, 0.2) is 60.8 Å². The van der Waals surface area contributed by atoms with Crippen molar-refractivity contribution in [2.45, 2.75) is 83.0 Å². The first-order valence-corrected chi connectivity index (χ1v) is 22.1. The highest BCUT2D eigenvalue weighted by Gasteiger charge is 2.52. The molecule has 15 heteroatoms. The van der Waals surface area contributed by atoms with Gasteiger partial charge in [0, 0.05) is 37.7 Å². The second-order valence-corrected chi connectivity index (χ2v) is 17.7. The number of carbonyl (C=O) groups is 4. The molecule has 6 atom stereocenters. The number of likely N-dealkylation sites (tertiary alicyclic amines) is 2. The van der Waals surface area contributed by atoms with Gasteiger partial charge in [-0.25, -0.2) is 19.6 Å². The molecule has 1 aliphatic carbocycles. The Balaban J connectivity index is 0.913. The number of rotatable bonds is 11. The van der Waals surface area contributed by atoms with E-state index in [0.29, 0.717) is 38.5 Å². The number of aromatic nitrogens is 4. The highest BCUT2D eigenvalue weighted by atomic mass is 16.5. The number of amides is 4. The number of imidazole rings is 2. The van der Waals surface area contributed by atoms with Crippen LogP contribution >= 0.6 is 0 Å². The molecule has 2 bridgehead atoms. The van der Waals surface area contributed by atoms with Crippen molar-refractivity contribution in [2.24, 2.45) is 23.7 Å². The Bertz CT molecular complexity index is 2460. The number of benzene rings is 3. The Kier molecular flexibility index (Phi) is 11.6. The summed E-state index contributed by atoms with van der Waals surface area (Å²) in [5, 5.41) is 7.68. The third kappa shape index (κ3) is 7.86. The predicted molar refractivity (Wildman–Crippen MR) is 233 cm³/mol. The van der Waals surface area contributed by atoms with Gasteiger partial charge in [0.05, 0.1) is 55.1 Å². The lowest BCUT2D eigenvalue weighted by Gasteiger charge is -2.39. The zero-order valence-corrected chi connectivity index (χ0v) is 35.8. The van der Waals surface area contributed by atoms with Gasteiger partial charge in [-0.1, -0.05) is 56.3 Å². The molecule has 5 heterocycles. The normalized spacial score (nSPS) is 22.3. The summed E-state index contributed by atoms with van der Waals surface area (Å²) in [7, 11) is 2.64. The van der Waals surface area contributed by atoms with Gasteiger partial charge in [-0.05, 0) is 96.9 Å². The van der Waals surface area contributed by atoms with E-state index in [1.165, 1.54) is 14.2 Å². The van der Waals surface area contributed by atoms with E-state index in [9.17, 15) is 19.2 Å². The third-order valence-corrected chi connectivity index (χ3v) is 13.8. The molecular formula is C47H56N8O7. The minimum Gasteiger partial charge on any atom is -0.453 e. The standard InChI is InChI=1S/C47H56N8O7/c1-26(2)35(24-49-46(58)60-3)44(56)54-19-5-6-38(54)42-50-36-16-13-31-22-30(12-15-34(31)40(36)52-42)27-7-9-28(10-8-27)37-25-48-43(51-37)41-32-11-14-33(23-32)55(41)45(57)39(53-47(59)61-4)29-17-20-62-21-18-29/h7-10,12-13,15-16,22,25-26,29,32-33,35,38-39,41H,5-6,11,14,17-21,23-24H2,1-4H3,(H,48,51)(H,49,58)(H,50,52)(H,53,59)/t32-,33+,35-,38-,39-,41-/m0/s1. The number of hydrogen-bond acceptors (Lipinski definition) is 9. The lowest BCUT2D eigenvalue weighted by atomic mass is 9.89. The SMILES string of the molecule is COC(=O)NC[C@H](C(=O)N1CCC[C@H]1c1nc2c(ccc3cc(-c4ccc(-c5cnc([C@@H]6[C@H]7CC[C@H](C7)N6C(=O)[C@@H](NC(=O)OC)C6CCOCC6)[nH]5)cc4)ccc32)[nH]1)C(C)C. The summed E-state index contributed by atoms with van der Waals surface area (Å²) in [4.78, 5) is 73.4. The molecule has 15 nitrogen and oxygen atoms in total. The first-order valence-electron chi connectivity index (χ1n) is 22.1. The number of ether oxygens (including phenoxy) is 3. The molecule has 3 aliphatic heterocycles. The molecule has 0 radical (unpaired) electrons. The minimum atomic E-state index is -0.680. The largest absolute Gasteiger partial charge is 0.453 e. The van der Waals surface area contributed by atoms with Crippen molar-refractivity contribution >= 4 is 45.8 Å². The molecule has 2 aromatic heterocycles. The lowest BCUT2D eigenvalue weighted by Crippen LogP contribution is -2.55. The van der Waals surface area contributed by atoms with Gasteiger partial charge >= 0.3 is 12.2 Å². The van der Waals surface area contributed by atoms with E-state index in [-0.39, 0.29) is 54.2 Å². The fraction of sp³-hybridized carbons (Fsp3) is 0.489. The van der Waals surface area contributed by atoms with E-state index in [4.69, 9.17) is 24.2 Å². The third-order valence-electron chi connectivity index (χ3n) is 13.8. The number of carbonyl (C=O) groups excluding carboxylic acids is 4. The fourth-order valence-corrected chi connectivity index (χ4v) is 10.5. The minimum absolute atomic E-state index is 0.0118. The number of nitrogens with one attached hydrogen (secondary N) is 4. The maximum Gasteiger partial charge on any atom is 0.407 e. The number of aromatic amines is 2. The smallest absolute Gasteiger partial charge is 0.407 e. The van der Waals surface area contributed by atoms with Crippen LogP contribution in [0.3, 0.4) is 0 Å². The maximum absolute atomic E-state index is 14.4. The van der Waals surface area contributed by atoms with Crippen LogP contribution < -0.4 is 10.6 Å². The molecule has 4 N–H and O–H groups in total. The van der Waals surface area contributed by atoms with Crippen LogP contribution in [0.2, 0.25) is 0 Å². The molecule has 1 saturated carbocycles. The summed E-state index contributed by atoms with van der Waals surface area (Å²) in [5.41, 5.74) is 5.81. The number of H-pyrrole nitrogens is 2. The Morgan fingerprint density at radius 1 is 0.855 bits per heavy atom. The maximum atomic E-state index is 14.4. The number of hydrogen-bond donors (Lipinski definition) is 4. The van der Waals surface area contributed by atoms with Crippen molar-refractivity contribution in [2.75, 3.05) is 40.5 Å². The summed E-state index contributed by atoms with van der Waals surface area (Å²) in [6, 6.07) is 18.1. The second kappa shape index (κ2) is 17.4. The van der Waals surface area contributed by atoms with Crippen molar-refractivity contribution in [1.82, 2.24) is 40.4 Å². The van der Waals surface area contributed by atoms with Crippen LogP contribution in [0, 0.1) is 23.7 Å². The molecule has 5 aromatic rings. The van der Waals surface area contributed by atoms with Gasteiger partial charge < -0.3 is 44.6 Å². The highest BCUT2D eigenvalue weighted by Crippen LogP contribution is 2.50. The number of alkyl carbamates (subject to hydrolysis) is 2. The van der Waals surface area contributed by atoms with Crippen LogP contribution in [0.5, 0.6) is 0 Å². The quantitative estimate of drug-likeness (QED) is 0.106. The van der Waals surface area contributed by atoms with Gasteiger partial charge in [0.15, 0.2) is 0 Å². The van der Waals surface area contributed by atoms with Gasteiger partial charge in [-0.3, -0.25) is 9.59 Å². The Morgan fingerprint density at radius 2 is 1.61 bits per heavy atom. The Hall–Kier alpha value is -5.96. The summed E-state index contributed by atoms with van der Waals surface area (Å²) in [6.45, 7) is 5.98. The summed E-state index contributed by atoms with van der Waals surface area (Å²) in [5.74, 6) is 1.43. The number of piperidine rings is 1. The molecule has 3 saturated heterocycles. The van der Waals surface area contributed by atoms with E-state index in [0.717, 1.165) is 87.9 Å². The van der Waals surface area contributed by atoms with E-state index < -0.39 is 18.2 Å². The first-order chi connectivity index (χ1) is 30.1. The average molecular weight is 845 g/mol. The van der Waals surface area contributed by atoms with E-state index in [2.05, 4.69) is 75.2 Å². The molecule has 4 amide bonds. The predicted octanol–water partition coefficient (Wildman–Crippen LogP) is 7.27. The van der Waals surface area contributed by atoms with E-state index >= 15 is 0 Å². The molecule has 4 aliphatic rings. The van der Waals surface area contributed by atoms with Crippen molar-refractivity contribution in [3.05, 3.63) is 72.4 Å². The van der Waals surface area contributed by atoms with Crippen LogP contribution in [-0.2, 0) is 23.8 Å².